The highest BCUT2D eigenvalue weighted by Gasteiger charge is 2.14. The maximum Gasteiger partial charge on any atom is 0.164 e. The minimum Gasteiger partial charge on any atom is -0.383 e. The third-order valence-corrected chi connectivity index (χ3v) is 3.00. The van der Waals surface area contributed by atoms with E-state index in [-0.39, 0.29) is 5.78 Å². The lowest BCUT2D eigenvalue weighted by atomic mass is 10.1. The molecule has 0 fully saturated rings. The van der Waals surface area contributed by atoms with Crippen molar-refractivity contribution in [1.29, 1.82) is 0 Å². The molecule has 0 unspecified atom stereocenters. The summed E-state index contributed by atoms with van der Waals surface area (Å²) >= 11 is 0. The van der Waals surface area contributed by atoms with Crippen molar-refractivity contribution in [2.24, 2.45) is 0 Å². The van der Waals surface area contributed by atoms with E-state index in [0.717, 1.165) is 24.3 Å². The minimum atomic E-state index is 0.162. The fourth-order valence-corrected chi connectivity index (χ4v) is 1.93. The monoisotopic (exact) mass is 265 g/mol. The Morgan fingerprint density at radius 1 is 1.11 bits per heavy atom. The predicted octanol–water partition coefficient (Wildman–Crippen LogP) is 2.38. The van der Waals surface area contributed by atoms with E-state index in [1.165, 1.54) is 0 Å². The van der Waals surface area contributed by atoms with Crippen LogP contribution < -0.4 is 4.90 Å². The zero-order valence-corrected chi connectivity index (χ0v) is 12.0. The van der Waals surface area contributed by atoms with Crippen molar-refractivity contribution in [3.63, 3.8) is 0 Å². The second-order valence-electron chi connectivity index (χ2n) is 4.27. The lowest BCUT2D eigenvalue weighted by Gasteiger charge is -2.26. The van der Waals surface area contributed by atoms with Gasteiger partial charge < -0.3 is 14.4 Å². The van der Waals surface area contributed by atoms with Gasteiger partial charge in [-0.05, 0) is 12.1 Å². The third-order valence-electron chi connectivity index (χ3n) is 3.00. The number of rotatable bonds is 9. The van der Waals surface area contributed by atoms with Gasteiger partial charge in [0.05, 0.1) is 13.2 Å². The molecule has 0 bridgehead atoms. The molecule has 0 atom stereocenters. The summed E-state index contributed by atoms with van der Waals surface area (Å²) in [5, 5.41) is 0. The van der Waals surface area contributed by atoms with E-state index in [9.17, 15) is 4.79 Å². The standard InChI is InChI=1S/C15H23NO3/c1-4-15(17)13-7-5-6-8-14(13)16(9-11-18-2)10-12-19-3/h5-8H,4,9-12H2,1-3H3. The summed E-state index contributed by atoms with van der Waals surface area (Å²) in [6.45, 7) is 4.62. The van der Waals surface area contributed by atoms with Gasteiger partial charge in [-0.2, -0.15) is 0 Å². The lowest BCUT2D eigenvalue weighted by molar-refractivity contribution is 0.0988. The maximum atomic E-state index is 12.0. The fourth-order valence-electron chi connectivity index (χ4n) is 1.93. The number of nitrogens with zero attached hydrogens (tertiary/aromatic N) is 1. The second kappa shape index (κ2) is 8.67. The van der Waals surface area contributed by atoms with Gasteiger partial charge in [-0.15, -0.1) is 0 Å². The van der Waals surface area contributed by atoms with Gasteiger partial charge in [-0.1, -0.05) is 19.1 Å². The fraction of sp³-hybridized carbons (Fsp3) is 0.533. The predicted molar refractivity (Wildman–Crippen MR) is 77.0 cm³/mol. The molecule has 0 spiro atoms. The summed E-state index contributed by atoms with van der Waals surface area (Å²) in [6, 6.07) is 7.72. The van der Waals surface area contributed by atoms with Gasteiger partial charge in [0, 0.05) is 45.0 Å². The zero-order chi connectivity index (χ0) is 14.1. The Kier molecular flexibility index (Phi) is 7.15. The molecule has 4 heteroatoms. The molecule has 106 valence electrons. The molecule has 0 heterocycles. The number of ether oxygens (including phenoxy) is 2. The summed E-state index contributed by atoms with van der Waals surface area (Å²) in [5.41, 5.74) is 1.74. The van der Waals surface area contributed by atoms with E-state index in [4.69, 9.17) is 9.47 Å². The number of hydrogen-bond donors (Lipinski definition) is 0. The average molecular weight is 265 g/mol. The van der Waals surface area contributed by atoms with Crippen LogP contribution >= 0.6 is 0 Å². The van der Waals surface area contributed by atoms with Crippen LogP contribution in [-0.4, -0.2) is 46.3 Å². The minimum absolute atomic E-state index is 0.162. The van der Waals surface area contributed by atoms with Crippen LogP contribution in [0, 0.1) is 0 Å². The van der Waals surface area contributed by atoms with Gasteiger partial charge >= 0.3 is 0 Å². The topological polar surface area (TPSA) is 38.8 Å². The smallest absolute Gasteiger partial charge is 0.164 e. The Balaban J connectivity index is 2.95. The van der Waals surface area contributed by atoms with Gasteiger partial charge in [-0.3, -0.25) is 4.79 Å². The van der Waals surface area contributed by atoms with Crippen molar-refractivity contribution in [3.8, 4) is 0 Å². The Morgan fingerprint density at radius 2 is 1.68 bits per heavy atom. The SMILES string of the molecule is CCC(=O)c1ccccc1N(CCOC)CCOC. The van der Waals surface area contributed by atoms with Crippen LogP contribution in [0.4, 0.5) is 5.69 Å². The Labute approximate surface area is 115 Å². The molecule has 0 saturated carbocycles. The Morgan fingerprint density at radius 3 is 2.21 bits per heavy atom. The van der Waals surface area contributed by atoms with Crippen molar-refractivity contribution in [2.75, 3.05) is 45.4 Å². The van der Waals surface area contributed by atoms with Crippen LogP contribution in [0.15, 0.2) is 24.3 Å². The molecule has 0 amide bonds. The van der Waals surface area contributed by atoms with E-state index in [0.29, 0.717) is 19.6 Å². The first-order valence-electron chi connectivity index (χ1n) is 6.59. The number of para-hydroxylation sites is 1. The number of ketones is 1. The maximum absolute atomic E-state index is 12.0. The molecule has 1 aromatic rings. The van der Waals surface area contributed by atoms with Crippen LogP contribution in [0.25, 0.3) is 0 Å². The van der Waals surface area contributed by atoms with E-state index in [1.54, 1.807) is 14.2 Å². The van der Waals surface area contributed by atoms with Gasteiger partial charge in [-0.25, -0.2) is 0 Å². The molecule has 0 N–H and O–H groups in total. The quantitative estimate of drug-likeness (QED) is 0.643. The number of carbonyl (C=O) groups excluding carboxylic acids is 1. The van der Waals surface area contributed by atoms with Crippen molar-refractivity contribution >= 4 is 11.5 Å². The van der Waals surface area contributed by atoms with Crippen LogP contribution in [0.5, 0.6) is 0 Å². The van der Waals surface area contributed by atoms with E-state index < -0.39 is 0 Å². The summed E-state index contributed by atoms with van der Waals surface area (Å²) < 4.78 is 10.3. The first-order chi connectivity index (χ1) is 9.24. The molecule has 0 radical (unpaired) electrons. The summed E-state index contributed by atoms with van der Waals surface area (Å²) in [7, 11) is 3.36. The van der Waals surface area contributed by atoms with E-state index in [1.807, 2.05) is 31.2 Å². The zero-order valence-electron chi connectivity index (χ0n) is 12.0. The van der Waals surface area contributed by atoms with Crippen molar-refractivity contribution < 1.29 is 14.3 Å². The van der Waals surface area contributed by atoms with Crippen LogP contribution in [0.2, 0.25) is 0 Å². The first-order valence-corrected chi connectivity index (χ1v) is 6.59. The van der Waals surface area contributed by atoms with Gasteiger partial charge in [0.25, 0.3) is 0 Å². The van der Waals surface area contributed by atoms with Gasteiger partial charge in [0.1, 0.15) is 0 Å². The summed E-state index contributed by atoms with van der Waals surface area (Å²) in [4.78, 5) is 14.1. The molecule has 0 aromatic heterocycles. The molecule has 1 aromatic carbocycles. The molecule has 0 aliphatic heterocycles. The van der Waals surface area contributed by atoms with Crippen LogP contribution in [0.1, 0.15) is 23.7 Å². The normalized spacial score (nSPS) is 10.5. The molecular formula is C15H23NO3. The number of methoxy groups -OCH3 is 2. The lowest BCUT2D eigenvalue weighted by Crippen LogP contribution is -2.31. The second-order valence-corrected chi connectivity index (χ2v) is 4.27. The third kappa shape index (κ3) is 4.65. The summed E-state index contributed by atoms with van der Waals surface area (Å²) in [5.74, 6) is 0.162. The number of anilines is 1. The Hall–Kier alpha value is -1.39. The molecule has 0 saturated heterocycles. The highest BCUT2D eigenvalue weighted by atomic mass is 16.5. The van der Waals surface area contributed by atoms with Gasteiger partial charge in [0.2, 0.25) is 0 Å². The average Bonchev–Trinajstić information content (AvgIpc) is 2.47. The molecule has 4 nitrogen and oxygen atoms in total. The molecule has 19 heavy (non-hydrogen) atoms. The number of carbonyl (C=O) groups is 1. The van der Waals surface area contributed by atoms with Crippen molar-refractivity contribution in [2.45, 2.75) is 13.3 Å². The molecular weight excluding hydrogens is 242 g/mol. The highest BCUT2D eigenvalue weighted by Crippen LogP contribution is 2.21. The first kappa shape index (κ1) is 15.7. The van der Waals surface area contributed by atoms with Crippen LogP contribution in [-0.2, 0) is 9.47 Å². The molecule has 0 aliphatic carbocycles. The summed E-state index contributed by atoms with van der Waals surface area (Å²) in [6.07, 6.45) is 0.513. The highest BCUT2D eigenvalue weighted by molar-refractivity contribution is 6.01. The Bertz CT molecular complexity index is 385. The number of Topliss-reactive ketones (excluding diaryl/α,β-unsaturated/α-hetero) is 1. The molecule has 0 aliphatic rings. The van der Waals surface area contributed by atoms with Crippen molar-refractivity contribution in [3.05, 3.63) is 29.8 Å². The molecule has 1 rings (SSSR count). The van der Waals surface area contributed by atoms with Gasteiger partial charge in [0.15, 0.2) is 5.78 Å². The number of benzene rings is 1. The van der Waals surface area contributed by atoms with E-state index >= 15 is 0 Å². The largest absolute Gasteiger partial charge is 0.383 e. The number of hydrogen-bond acceptors (Lipinski definition) is 4. The van der Waals surface area contributed by atoms with Crippen LogP contribution in [0.3, 0.4) is 0 Å². The van der Waals surface area contributed by atoms with Crippen molar-refractivity contribution in [1.82, 2.24) is 0 Å². The van der Waals surface area contributed by atoms with E-state index in [2.05, 4.69) is 4.90 Å².